The zero-order valence-corrected chi connectivity index (χ0v) is 12.1. The van der Waals surface area contributed by atoms with Crippen LogP contribution in [0.3, 0.4) is 0 Å². The van der Waals surface area contributed by atoms with Gasteiger partial charge in [-0.25, -0.2) is 18.1 Å². The molecule has 9 heteroatoms. The highest BCUT2D eigenvalue weighted by Gasteiger charge is 2.20. The van der Waals surface area contributed by atoms with Crippen molar-refractivity contribution in [2.75, 3.05) is 10.5 Å². The number of nitrogens with one attached hydrogen (secondary N) is 1. The molecule has 1 heterocycles. The molecule has 0 aliphatic rings. The molecule has 0 aliphatic heterocycles. The monoisotopic (exact) mass is 304 g/mol. The van der Waals surface area contributed by atoms with Crippen molar-refractivity contribution in [1.29, 1.82) is 5.26 Å². The molecular weight excluding hydrogens is 292 g/mol. The van der Waals surface area contributed by atoms with E-state index in [-0.39, 0.29) is 16.4 Å². The van der Waals surface area contributed by atoms with Crippen LogP contribution in [0.2, 0.25) is 0 Å². The summed E-state index contributed by atoms with van der Waals surface area (Å²) in [6, 6.07) is 5.73. The molecule has 108 valence electrons. The topological polar surface area (TPSA) is 135 Å². The number of sulfonamides is 1. The smallest absolute Gasteiger partial charge is 0.265 e. The number of rotatable bonds is 3. The second-order valence-electron chi connectivity index (χ2n) is 4.28. The maximum atomic E-state index is 12.3. The predicted molar refractivity (Wildman–Crippen MR) is 75.7 cm³/mol. The maximum Gasteiger partial charge on any atom is 0.265 e. The SMILES string of the molecule is Cc1nnc(NS(=O)(=O)c2ccc(N)cc2C#N)nc1C. The Morgan fingerprint density at radius 2 is 1.95 bits per heavy atom. The summed E-state index contributed by atoms with van der Waals surface area (Å²) in [6.45, 7) is 3.40. The Bertz CT molecular complexity index is 841. The van der Waals surface area contributed by atoms with E-state index in [2.05, 4.69) is 19.9 Å². The molecule has 3 N–H and O–H groups in total. The van der Waals surface area contributed by atoms with Gasteiger partial charge in [0, 0.05) is 5.69 Å². The van der Waals surface area contributed by atoms with Crippen molar-refractivity contribution >= 4 is 21.7 Å². The van der Waals surface area contributed by atoms with E-state index in [0.717, 1.165) is 0 Å². The highest BCUT2D eigenvalue weighted by atomic mass is 32.2. The van der Waals surface area contributed by atoms with E-state index in [1.165, 1.54) is 18.2 Å². The summed E-state index contributed by atoms with van der Waals surface area (Å²) in [7, 11) is -4.00. The van der Waals surface area contributed by atoms with E-state index in [1.54, 1.807) is 19.9 Å². The lowest BCUT2D eigenvalue weighted by Gasteiger charge is -2.08. The number of nitrogens with two attached hydrogens (primary N) is 1. The lowest BCUT2D eigenvalue weighted by molar-refractivity contribution is 0.600. The Hall–Kier alpha value is -2.73. The van der Waals surface area contributed by atoms with Gasteiger partial charge < -0.3 is 5.73 Å². The van der Waals surface area contributed by atoms with Crippen molar-refractivity contribution < 1.29 is 8.42 Å². The number of nitrogens with zero attached hydrogens (tertiary/aromatic N) is 4. The van der Waals surface area contributed by atoms with Crippen LogP contribution in [0.1, 0.15) is 17.0 Å². The van der Waals surface area contributed by atoms with Crippen LogP contribution in [0.15, 0.2) is 23.1 Å². The molecule has 1 aromatic heterocycles. The van der Waals surface area contributed by atoms with Crippen LogP contribution in [0.25, 0.3) is 0 Å². The molecule has 0 bridgehead atoms. The van der Waals surface area contributed by atoms with Gasteiger partial charge >= 0.3 is 0 Å². The van der Waals surface area contributed by atoms with Gasteiger partial charge in [0.25, 0.3) is 16.0 Å². The van der Waals surface area contributed by atoms with Crippen molar-refractivity contribution in [2.24, 2.45) is 0 Å². The third kappa shape index (κ3) is 3.06. The molecule has 0 saturated heterocycles. The highest BCUT2D eigenvalue weighted by Crippen LogP contribution is 2.20. The Morgan fingerprint density at radius 1 is 1.24 bits per heavy atom. The number of anilines is 2. The molecule has 0 radical (unpaired) electrons. The van der Waals surface area contributed by atoms with Crippen molar-refractivity contribution in [3.05, 3.63) is 35.2 Å². The minimum absolute atomic E-state index is 0.0562. The molecule has 0 saturated carbocycles. The summed E-state index contributed by atoms with van der Waals surface area (Å²) in [5.74, 6) is -0.154. The van der Waals surface area contributed by atoms with Gasteiger partial charge in [-0.05, 0) is 32.0 Å². The summed E-state index contributed by atoms with van der Waals surface area (Å²) >= 11 is 0. The molecule has 0 fully saturated rings. The summed E-state index contributed by atoms with van der Waals surface area (Å²) in [4.78, 5) is 3.79. The molecular formula is C12H12N6O2S. The first-order valence-corrected chi connectivity index (χ1v) is 7.32. The quantitative estimate of drug-likeness (QED) is 0.798. The summed E-state index contributed by atoms with van der Waals surface area (Å²) in [6.07, 6.45) is 0. The second kappa shape index (κ2) is 5.34. The average Bonchev–Trinajstić information content (AvgIpc) is 2.42. The molecule has 2 aromatic rings. The zero-order chi connectivity index (χ0) is 15.6. The van der Waals surface area contributed by atoms with Crippen LogP contribution in [-0.2, 0) is 10.0 Å². The largest absolute Gasteiger partial charge is 0.399 e. The lowest BCUT2D eigenvalue weighted by atomic mass is 10.2. The molecule has 0 amide bonds. The number of hydrogen-bond acceptors (Lipinski definition) is 7. The third-order valence-corrected chi connectivity index (χ3v) is 4.12. The summed E-state index contributed by atoms with van der Waals surface area (Å²) in [5, 5.41) is 16.5. The van der Waals surface area contributed by atoms with Gasteiger partial charge in [0.2, 0.25) is 0 Å². The van der Waals surface area contributed by atoms with E-state index in [1.807, 2.05) is 0 Å². The van der Waals surface area contributed by atoms with Gasteiger partial charge in [-0.1, -0.05) is 0 Å². The number of aryl methyl sites for hydroxylation is 2. The highest BCUT2D eigenvalue weighted by molar-refractivity contribution is 7.92. The minimum atomic E-state index is -4.00. The normalized spacial score (nSPS) is 10.9. The maximum absolute atomic E-state index is 12.3. The Labute approximate surface area is 121 Å². The predicted octanol–water partition coefficient (Wildman–Crippen LogP) is 0.743. The van der Waals surface area contributed by atoms with Crippen LogP contribution < -0.4 is 10.5 Å². The van der Waals surface area contributed by atoms with Crippen LogP contribution in [0.4, 0.5) is 11.6 Å². The second-order valence-corrected chi connectivity index (χ2v) is 5.93. The number of hydrogen-bond donors (Lipinski definition) is 2. The van der Waals surface area contributed by atoms with Crippen molar-refractivity contribution in [2.45, 2.75) is 18.7 Å². The molecule has 1 aromatic carbocycles. The molecule has 0 spiro atoms. The fraction of sp³-hybridized carbons (Fsp3) is 0.167. The first-order chi connectivity index (χ1) is 9.83. The van der Waals surface area contributed by atoms with E-state index in [4.69, 9.17) is 11.0 Å². The van der Waals surface area contributed by atoms with Gasteiger partial charge in [0.05, 0.1) is 17.0 Å². The fourth-order valence-corrected chi connectivity index (χ4v) is 2.62. The standard InChI is InChI=1S/C12H12N6O2S/c1-7-8(2)16-17-12(15-7)18-21(19,20)11-4-3-10(14)5-9(11)6-13/h3-5H,14H2,1-2H3,(H,15,17,18). The first-order valence-electron chi connectivity index (χ1n) is 5.84. The van der Waals surface area contributed by atoms with Crippen molar-refractivity contribution in [1.82, 2.24) is 15.2 Å². The molecule has 2 rings (SSSR count). The fourth-order valence-electron chi connectivity index (χ4n) is 1.54. The van der Waals surface area contributed by atoms with Crippen LogP contribution >= 0.6 is 0 Å². The third-order valence-electron chi connectivity index (χ3n) is 2.73. The Morgan fingerprint density at radius 3 is 2.57 bits per heavy atom. The molecule has 21 heavy (non-hydrogen) atoms. The minimum Gasteiger partial charge on any atom is -0.399 e. The molecule has 0 unspecified atom stereocenters. The molecule has 0 atom stereocenters. The van der Waals surface area contributed by atoms with Crippen molar-refractivity contribution in [3.63, 3.8) is 0 Å². The lowest BCUT2D eigenvalue weighted by Crippen LogP contribution is -2.17. The van der Waals surface area contributed by atoms with Gasteiger partial charge in [0.15, 0.2) is 0 Å². The van der Waals surface area contributed by atoms with Gasteiger partial charge in [-0.3, -0.25) is 0 Å². The van der Waals surface area contributed by atoms with Crippen molar-refractivity contribution in [3.8, 4) is 6.07 Å². The number of nitriles is 1. The van der Waals surface area contributed by atoms with Gasteiger partial charge in [-0.2, -0.15) is 10.4 Å². The first kappa shape index (κ1) is 14.7. The van der Waals surface area contributed by atoms with E-state index in [9.17, 15) is 8.42 Å². The molecule has 8 nitrogen and oxygen atoms in total. The summed E-state index contributed by atoms with van der Waals surface area (Å²) < 4.78 is 26.7. The van der Waals surface area contributed by atoms with Gasteiger partial charge in [0.1, 0.15) is 11.0 Å². The van der Waals surface area contributed by atoms with Crippen LogP contribution in [0.5, 0.6) is 0 Å². The van der Waals surface area contributed by atoms with Crippen LogP contribution in [0, 0.1) is 25.2 Å². The number of benzene rings is 1. The zero-order valence-electron chi connectivity index (χ0n) is 11.3. The Kier molecular flexibility index (Phi) is 3.73. The summed E-state index contributed by atoms with van der Waals surface area (Å²) in [5.41, 5.74) is 6.93. The molecule has 0 aliphatic carbocycles. The average molecular weight is 304 g/mol. The van der Waals surface area contributed by atoms with E-state index >= 15 is 0 Å². The van der Waals surface area contributed by atoms with Gasteiger partial charge in [-0.15, -0.1) is 5.10 Å². The van der Waals surface area contributed by atoms with E-state index < -0.39 is 10.0 Å². The number of nitrogen functional groups attached to an aromatic ring is 1. The number of aromatic nitrogens is 3. The van der Waals surface area contributed by atoms with Crippen LogP contribution in [-0.4, -0.2) is 23.6 Å². The Balaban J connectivity index is 2.43. The van der Waals surface area contributed by atoms with E-state index in [0.29, 0.717) is 17.1 Å².